The number of fused-ring (bicyclic) bond motifs is 1. The van der Waals surface area contributed by atoms with Gasteiger partial charge >= 0.3 is 0 Å². The summed E-state index contributed by atoms with van der Waals surface area (Å²) in [6.45, 7) is 6.65. The van der Waals surface area contributed by atoms with E-state index in [1.807, 2.05) is 11.8 Å². The highest BCUT2D eigenvalue weighted by Crippen LogP contribution is 2.33. The van der Waals surface area contributed by atoms with E-state index < -0.39 is 0 Å². The molecule has 6 nitrogen and oxygen atoms in total. The summed E-state index contributed by atoms with van der Waals surface area (Å²) in [6, 6.07) is 0. The Bertz CT molecular complexity index is 746. The molecule has 2 saturated heterocycles. The van der Waals surface area contributed by atoms with E-state index in [2.05, 4.69) is 28.9 Å². The molecular weight excluding hydrogens is 340 g/mol. The lowest BCUT2D eigenvalue weighted by Gasteiger charge is -2.47. The molecule has 1 aromatic rings. The lowest BCUT2D eigenvalue weighted by molar-refractivity contribution is 0.0316. The highest BCUT2D eigenvalue weighted by Gasteiger charge is 2.42. The smallest absolute Gasteiger partial charge is 0.256 e. The molecule has 0 atom stereocenters. The lowest BCUT2D eigenvalue weighted by Crippen LogP contribution is -2.58. The van der Waals surface area contributed by atoms with Gasteiger partial charge in [0.2, 0.25) is 0 Å². The number of ketones is 1. The van der Waals surface area contributed by atoms with Gasteiger partial charge in [0.25, 0.3) is 5.91 Å². The van der Waals surface area contributed by atoms with Gasteiger partial charge in [0, 0.05) is 43.0 Å². The normalized spacial score (nSPS) is 24.1. The van der Waals surface area contributed by atoms with Crippen LogP contribution in [0.3, 0.4) is 0 Å². The predicted octanol–water partition coefficient (Wildman–Crippen LogP) is 2.08. The topological polar surface area (TPSA) is 59.7 Å². The molecule has 1 spiro atoms. The Labute approximate surface area is 161 Å². The second-order valence-corrected chi connectivity index (χ2v) is 8.78. The van der Waals surface area contributed by atoms with Crippen LogP contribution in [0.15, 0.2) is 0 Å². The highest BCUT2D eigenvalue weighted by atomic mass is 16.2. The van der Waals surface area contributed by atoms with E-state index in [1.165, 1.54) is 0 Å². The Morgan fingerprint density at radius 3 is 2.52 bits per heavy atom. The summed E-state index contributed by atoms with van der Waals surface area (Å²) in [4.78, 5) is 36.4. The number of nitrogens with one attached hydrogen (secondary N) is 1. The van der Waals surface area contributed by atoms with Crippen LogP contribution >= 0.6 is 0 Å². The Balaban J connectivity index is 1.64. The van der Waals surface area contributed by atoms with E-state index >= 15 is 0 Å². The van der Waals surface area contributed by atoms with Crippen molar-refractivity contribution < 1.29 is 9.59 Å². The summed E-state index contributed by atoms with van der Waals surface area (Å²) in [5.74, 6) is 0.179. The van der Waals surface area contributed by atoms with E-state index in [9.17, 15) is 9.59 Å². The van der Waals surface area contributed by atoms with Crippen molar-refractivity contribution in [2.75, 3.05) is 46.8 Å². The zero-order valence-electron chi connectivity index (χ0n) is 16.9. The van der Waals surface area contributed by atoms with Crippen LogP contribution in [0.25, 0.3) is 0 Å². The Hall–Kier alpha value is -1.66. The quantitative estimate of drug-likeness (QED) is 0.820. The number of hydrogen-bond donors (Lipinski definition) is 1. The molecule has 2 fully saturated rings. The third kappa shape index (κ3) is 3.23. The fraction of sp³-hybridized carbons (Fsp3) is 0.714. The number of aromatic amines is 1. The van der Waals surface area contributed by atoms with Crippen LogP contribution in [0.4, 0.5) is 0 Å². The standard InChI is InChI=1S/C21H32N4O2/c1-15-18(19-16(22-15)6-4-7-17(19)26)20(27)25-11-5-10-24(3)21(14-25)8-12-23(2)13-9-21/h22H,4-14H2,1-3H3. The molecule has 148 valence electrons. The van der Waals surface area contributed by atoms with Crippen LogP contribution in [-0.4, -0.2) is 83.7 Å². The van der Waals surface area contributed by atoms with Gasteiger partial charge in [0.05, 0.1) is 11.1 Å². The van der Waals surface area contributed by atoms with Gasteiger partial charge in [0.15, 0.2) is 5.78 Å². The molecule has 0 unspecified atom stereocenters. The molecule has 0 bridgehead atoms. The fourth-order valence-electron chi connectivity index (χ4n) is 5.20. The molecule has 6 heteroatoms. The summed E-state index contributed by atoms with van der Waals surface area (Å²) in [6.07, 6.45) is 5.47. The molecule has 1 aromatic heterocycles. The van der Waals surface area contributed by atoms with Crippen molar-refractivity contribution in [1.29, 1.82) is 0 Å². The highest BCUT2D eigenvalue weighted by molar-refractivity contribution is 6.10. The van der Waals surface area contributed by atoms with Crippen LogP contribution in [0.2, 0.25) is 0 Å². The molecule has 27 heavy (non-hydrogen) atoms. The van der Waals surface area contributed by atoms with E-state index in [0.717, 1.165) is 76.2 Å². The third-order valence-corrected chi connectivity index (χ3v) is 7.01. The number of carbonyl (C=O) groups is 2. The first kappa shape index (κ1) is 18.7. The maximum absolute atomic E-state index is 13.6. The number of likely N-dealkylation sites (N-methyl/N-ethyl adjacent to an activating group) is 1. The van der Waals surface area contributed by atoms with Crippen molar-refractivity contribution in [2.45, 2.75) is 51.0 Å². The molecule has 4 rings (SSSR count). The van der Waals surface area contributed by atoms with E-state index in [0.29, 0.717) is 17.5 Å². The number of carbonyl (C=O) groups excluding carboxylic acids is 2. The average Bonchev–Trinajstić information content (AvgIpc) is 2.90. The number of rotatable bonds is 1. The monoisotopic (exact) mass is 372 g/mol. The van der Waals surface area contributed by atoms with E-state index in [1.54, 1.807) is 0 Å². The second-order valence-electron chi connectivity index (χ2n) is 8.78. The fourth-order valence-corrected chi connectivity index (χ4v) is 5.20. The van der Waals surface area contributed by atoms with Crippen molar-refractivity contribution >= 4 is 11.7 Å². The van der Waals surface area contributed by atoms with Gasteiger partial charge in [0.1, 0.15) is 0 Å². The second kappa shape index (κ2) is 7.06. The largest absolute Gasteiger partial charge is 0.361 e. The zero-order valence-corrected chi connectivity index (χ0v) is 16.9. The van der Waals surface area contributed by atoms with Crippen molar-refractivity contribution in [2.24, 2.45) is 0 Å². The van der Waals surface area contributed by atoms with E-state index in [-0.39, 0.29) is 17.2 Å². The van der Waals surface area contributed by atoms with Gasteiger partial charge in [-0.25, -0.2) is 0 Å². The number of nitrogens with zero attached hydrogens (tertiary/aromatic N) is 3. The number of H-pyrrole nitrogens is 1. The van der Waals surface area contributed by atoms with Crippen molar-refractivity contribution in [1.82, 2.24) is 19.7 Å². The SMILES string of the molecule is Cc1[nH]c2c(c1C(=O)N1CCCN(C)C3(CCN(C)CC3)C1)C(=O)CCC2. The van der Waals surface area contributed by atoms with Crippen LogP contribution in [-0.2, 0) is 6.42 Å². The minimum atomic E-state index is 0.0499. The summed E-state index contributed by atoms with van der Waals surface area (Å²) < 4.78 is 0. The van der Waals surface area contributed by atoms with Crippen LogP contribution in [0, 0.1) is 6.92 Å². The Morgan fingerprint density at radius 1 is 1.04 bits per heavy atom. The van der Waals surface area contributed by atoms with E-state index in [4.69, 9.17) is 0 Å². The Kier molecular flexibility index (Phi) is 4.89. The number of piperidine rings is 1. The number of Topliss-reactive ketones (excluding diaryl/α,β-unsaturated/α-hetero) is 1. The van der Waals surface area contributed by atoms with Crippen molar-refractivity contribution in [3.8, 4) is 0 Å². The average molecular weight is 373 g/mol. The number of amides is 1. The molecule has 0 radical (unpaired) electrons. The van der Waals surface area contributed by atoms with Gasteiger partial charge < -0.3 is 14.8 Å². The molecule has 3 heterocycles. The van der Waals surface area contributed by atoms with Crippen LogP contribution < -0.4 is 0 Å². The molecular formula is C21H32N4O2. The molecule has 1 amide bonds. The summed E-state index contributed by atoms with van der Waals surface area (Å²) in [5.41, 5.74) is 3.21. The lowest BCUT2D eigenvalue weighted by atomic mass is 9.85. The molecule has 3 aliphatic rings. The van der Waals surface area contributed by atoms with Gasteiger partial charge in [-0.3, -0.25) is 14.5 Å². The van der Waals surface area contributed by atoms with Gasteiger partial charge in [-0.05, 0) is 66.2 Å². The van der Waals surface area contributed by atoms with Crippen LogP contribution in [0.5, 0.6) is 0 Å². The minimum Gasteiger partial charge on any atom is -0.361 e. The predicted molar refractivity (Wildman–Crippen MR) is 105 cm³/mol. The molecule has 0 saturated carbocycles. The molecule has 2 aliphatic heterocycles. The minimum absolute atomic E-state index is 0.0499. The summed E-state index contributed by atoms with van der Waals surface area (Å²) >= 11 is 0. The van der Waals surface area contributed by atoms with Gasteiger partial charge in [-0.2, -0.15) is 0 Å². The first-order chi connectivity index (χ1) is 12.9. The maximum atomic E-state index is 13.6. The number of aryl methyl sites for hydroxylation is 2. The van der Waals surface area contributed by atoms with Gasteiger partial charge in [-0.15, -0.1) is 0 Å². The number of likely N-dealkylation sites (tertiary alicyclic amines) is 1. The molecule has 1 N–H and O–H groups in total. The summed E-state index contributed by atoms with van der Waals surface area (Å²) in [5, 5.41) is 0. The van der Waals surface area contributed by atoms with Crippen molar-refractivity contribution in [3.05, 3.63) is 22.5 Å². The molecule has 1 aliphatic carbocycles. The van der Waals surface area contributed by atoms with Gasteiger partial charge in [-0.1, -0.05) is 0 Å². The number of hydrogen-bond acceptors (Lipinski definition) is 4. The number of aromatic nitrogens is 1. The first-order valence-corrected chi connectivity index (χ1v) is 10.3. The van der Waals surface area contributed by atoms with Crippen LogP contribution in [0.1, 0.15) is 64.2 Å². The third-order valence-electron chi connectivity index (χ3n) is 7.01. The zero-order chi connectivity index (χ0) is 19.2. The Morgan fingerprint density at radius 2 is 1.78 bits per heavy atom. The molecule has 0 aromatic carbocycles. The maximum Gasteiger partial charge on any atom is 0.256 e. The summed E-state index contributed by atoms with van der Waals surface area (Å²) in [7, 11) is 4.39. The van der Waals surface area contributed by atoms with Crippen molar-refractivity contribution in [3.63, 3.8) is 0 Å². The first-order valence-electron chi connectivity index (χ1n) is 10.3.